The Morgan fingerprint density at radius 3 is 2.43 bits per heavy atom. The van der Waals surface area contributed by atoms with E-state index in [0.29, 0.717) is 0 Å². The van der Waals surface area contributed by atoms with Gasteiger partial charge < -0.3 is 5.21 Å². The average molecular weight is 107 g/mol. The van der Waals surface area contributed by atoms with Crippen LogP contribution >= 0.6 is 0 Å². The number of hydrogen-bond donors (Lipinski definition) is 1. The smallest absolute Gasteiger partial charge is 0.412 e. The average Bonchev–Trinajstić information content (AvgIpc) is 1.86. The zero-order valence-electron chi connectivity index (χ0n) is 4.07. The van der Waals surface area contributed by atoms with Crippen molar-refractivity contribution in [3.05, 3.63) is 18.5 Å². The minimum Gasteiger partial charge on any atom is -0.412 e. The van der Waals surface area contributed by atoms with Gasteiger partial charge in [0.05, 0.1) is 12.4 Å². The predicted molar refractivity (Wildman–Crippen MR) is 19.4 cm³/mol. The maximum Gasteiger partial charge on any atom is 1.00 e. The third-order valence-electron chi connectivity index (χ3n) is 0.490. The summed E-state index contributed by atoms with van der Waals surface area (Å²) in [7, 11) is 0. The third kappa shape index (κ3) is 1.97. The van der Waals surface area contributed by atoms with Crippen molar-refractivity contribution in [1.29, 1.82) is 0 Å². The first-order valence-corrected chi connectivity index (χ1v) is 1.58. The molecule has 4 heteroatoms. The molecule has 1 aromatic heterocycles. The summed E-state index contributed by atoms with van der Waals surface area (Å²) in [6, 6.07) is 1.64. The van der Waals surface area contributed by atoms with Gasteiger partial charge in [-0.1, -0.05) is 0 Å². The second-order valence-electron chi connectivity index (χ2n) is 0.926. The molecule has 0 saturated heterocycles. The van der Waals surface area contributed by atoms with Gasteiger partial charge in [0.1, 0.15) is 0 Å². The zero-order chi connectivity index (χ0) is 4.41. The second kappa shape index (κ2) is 3.07. The maximum atomic E-state index is 8.28. The van der Waals surface area contributed by atoms with Crippen molar-refractivity contribution in [2.24, 2.45) is 0 Å². The molecular weight excluding hydrogens is 103 g/mol. The molecule has 0 fully saturated rings. The molecule has 1 rings (SSSR count). The van der Waals surface area contributed by atoms with Crippen molar-refractivity contribution in [3.63, 3.8) is 0 Å². The van der Waals surface area contributed by atoms with E-state index in [-0.39, 0.29) is 29.6 Å². The van der Waals surface area contributed by atoms with Gasteiger partial charge in [-0.3, -0.25) is 0 Å². The van der Waals surface area contributed by atoms with Gasteiger partial charge in [-0.25, -0.2) is 0 Å². The normalized spacial score (nSPS) is 7.43. The first-order chi connectivity index (χ1) is 2.89. The van der Waals surface area contributed by atoms with Crippen LogP contribution in [0, 0.1) is 0 Å². The summed E-state index contributed by atoms with van der Waals surface area (Å²) in [5.41, 5.74) is 0. The SMILES string of the molecule is On1cccn1.[Na+]. The molecule has 0 unspecified atom stereocenters. The van der Waals surface area contributed by atoms with E-state index in [0.717, 1.165) is 4.85 Å². The molecule has 0 atom stereocenters. The molecule has 0 amide bonds. The summed E-state index contributed by atoms with van der Waals surface area (Å²) in [4.78, 5) is 0.750. The number of aromatic nitrogens is 2. The Morgan fingerprint density at radius 2 is 2.29 bits per heavy atom. The van der Waals surface area contributed by atoms with Crippen LogP contribution in [0.3, 0.4) is 0 Å². The molecule has 3 nitrogen and oxygen atoms in total. The fraction of sp³-hybridized carbons (Fsp3) is 0. The van der Waals surface area contributed by atoms with Crippen LogP contribution in [-0.2, 0) is 0 Å². The largest absolute Gasteiger partial charge is 1.00 e. The quantitative estimate of drug-likeness (QED) is 0.286. The Kier molecular flexibility index (Phi) is 3.07. The molecule has 0 aromatic carbocycles. The summed E-state index contributed by atoms with van der Waals surface area (Å²) in [5, 5.41) is 11.7. The van der Waals surface area contributed by atoms with E-state index in [1.54, 1.807) is 6.07 Å². The summed E-state index contributed by atoms with van der Waals surface area (Å²) in [6.45, 7) is 0. The number of rotatable bonds is 0. The topological polar surface area (TPSA) is 38.0 Å². The Balaban J connectivity index is 0.000000360. The predicted octanol–water partition coefficient (Wildman–Crippen LogP) is -2.88. The summed E-state index contributed by atoms with van der Waals surface area (Å²) in [5.74, 6) is 0. The minimum absolute atomic E-state index is 0. The van der Waals surface area contributed by atoms with E-state index in [9.17, 15) is 0 Å². The molecular formula is C3H4N2NaO+. The van der Waals surface area contributed by atoms with Crippen molar-refractivity contribution in [2.75, 3.05) is 0 Å². The van der Waals surface area contributed by atoms with Crippen LogP contribution in [0.5, 0.6) is 0 Å². The van der Waals surface area contributed by atoms with Gasteiger partial charge in [-0.2, -0.15) is 0 Å². The van der Waals surface area contributed by atoms with E-state index in [2.05, 4.69) is 5.10 Å². The minimum atomic E-state index is 0. The maximum absolute atomic E-state index is 8.28. The van der Waals surface area contributed by atoms with Gasteiger partial charge in [0.25, 0.3) is 0 Å². The Morgan fingerprint density at radius 1 is 1.57 bits per heavy atom. The fourth-order valence-electron chi connectivity index (χ4n) is 0.261. The van der Waals surface area contributed by atoms with Gasteiger partial charge in [-0.15, -0.1) is 9.94 Å². The van der Waals surface area contributed by atoms with Crippen LogP contribution in [0.25, 0.3) is 0 Å². The van der Waals surface area contributed by atoms with E-state index in [4.69, 9.17) is 5.21 Å². The summed E-state index contributed by atoms with van der Waals surface area (Å²) < 4.78 is 0. The van der Waals surface area contributed by atoms with Crippen LogP contribution < -0.4 is 29.6 Å². The molecule has 7 heavy (non-hydrogen) atoms. The Bertz CT molecular complexity index is 116. The van der Waals surface area contributed by atoms with E-state index >= 15 is 0 Å². The van der Waals surface area contributed by atoms with Crippen LogP contribution in [-0.4, -0.2) is 15.2 Å². The first kappa shape index (κ1) is 7.01. The molecule has 32 valence electrons. The molecule has 1 aromatic rings. The van der Waals surface area contributed by atoms with Crippen LogP contribution in [0.1, 0.15) is 0 Å². The molecule has 0 saturated carbocycles. The van der Waals surface area contributed by atoms with E-state index < -0.39 is 0 Å². The number of hydrogen-bond acceptors (Lipinski definition) is 2. The van der Waals surface area contributed by atoms with Crippen molar-refractivity contribution in [3.8, 4) is 0 Å². The first-order valence-electron chi connectivity index (χ1n) is 1.58. The molecule has 0 aliphatic carbocycles. The van der Waals surface area contributed by atoms with Crippen LogP contribution in [0.15, 0.2) is 18.5 Å². The van der Waals surface area contributed by atoms with Gasteiger partial charge in [0.15, 0.2) is 0 Å². The van der Waals surface area contributed by atoms with Crippen molar-refractivity contribution in [1.82, 2.24) is 9.94 Å². The second-order valence-corrected chi connectivity index (χ2v) is 0.926. The van der Waals surface area contributed by atoms with Gasteiger partial charge in [0, 0.05) is 0 Å². The van der Waals surface area contributed by atoms with Crippen LogP contribution in [0.4, 0.5) is 0 Å². The van der Waals surface area contributed by atoms with E-state index in [1.807, 2.05) is 0 Å². The third-order valence-corrected chi connectivity index (χ3v) is 0.490. The molecule has 1 heterocycles. The molecule has 0 aliphatic heterocycles. The van der Waals surface area contributed by atoms with Gasteiger partial charge in [-0.05, 0) is 6.07 Å². The summed E-state index contributed by atoms with van der Waals surface area (Å²) in [6.07, 6.45) is 2.94. The van der Waals surface area contributed by atoms with Gasteiger partial charge in [0.2, 0.25) is 0 Å². The fourth-order valence-corrected chi connectivity index (χ4v) is 0.261. The summed E-state index contributed by atoms with van der Waals surface area (Å²) >= 11 is 0. The molecule has 0 radical (unpaired) electrons. The Labute approximate surface area is 63.2 Å². The van der Waals surface area contributed by atoms with Crippen molar-refractivity contribution in [2.45, 2.75) is 0 Å². The molecule has 0 spiro atoms. The van der Waals surface area contributed by atoms with Gasteiger partial charge >= 0.3 is 29.6 Å². The van der Waals surface area contributed by atoms with Crippen molar-refractivity contribution >= 4 is 0 Å². The number of nitrogens with zero attached hydrogens (tertiary/aromatic N) is 2. The molecule has 0 aliphatic rings. The van der Waals surface area contributed by atoms with Crippen LogP contribution in [0.2, 0.25) is 0 Å². The molecule has 1 N–H and O–H groups in total. The van der Waals surface area contributed by atoms with Crippen molar-refractivity contribution < 1.29 is 34.8 Å². The monoisotopic (exact) mass is 107 g/mol. The Hall–Kier alpha value is 0.0100. The van der Waals surface area contributed by atoms with E-state index in [1.165, 1.54) is 12.4 Å². The zero-order valence-corrected chi connectivity index (χ0v) is 6.07. The molecule has 0 bridgehead atoms. The standard InChI is InChI=1S/C3H4N2O.Na/c6-5-3-1-2-4-5;/h1-3,6H;/q;+1.